The second-order valence-electron chi connectivity index (χ2n) is 8.41. The van der Waals surface area contributed by atoms with Gasteiger partial charge in [-0.25, -0.2) is 8.42 Å². The van der Waals surface area contributed by atoms with Crippen molar-refractivity contribution in [3.8, 4) is 5.75 Å². The van der Waals surface area contributed by atoms with Crippen molar-refractivity contribution >= 4 is 21.6 Å². The summed E-state index contributed by atoms with van der Waals surface area (Å²) in [5, 5.41) is 0. The molecule has 0 aromatic heterocycles. The Kier molecular flexibility index (Phi) is 6.90. The van der Waals surface area contributed by atoms with Crippen LogP contribution in [0.2, 0.25) is 0 Å². The number of likely N-dealkylation sites (tertiary alicyclic amines) is 1. The molecular formula is C26H28N2O5S. The Bertz CT molecular complexity index is 1280. The van der Waals surface area contributed by atoms with Crippen LogP contribution in [0.3, 0.4) is 0 Å². The number of methoxy groups -OCH3 is 1. The van der Waals surface area contributed by atoms with E-state index in [9.17, 15) is 13.2 Å². The molecule has 1 fully saturated rings. The van der Waals surface area contributed by atoms with Gasteiger partial charge in [-0.2, -0.15) is 0 Å². The van der Waals surface area contributed by atoms with Crippen molar-refractivity contribution in [3.63, 3.8) is 0 Å². The Balaban J connectivity index is 1.48. The molecule has 0 aliphatic carbocycles. The number of nitrogens with one attached hydrogen (secondary N) is 1. The molecule has 0 radical (unpaired) electrons. The van der Waals surface area contributed by atoms with E-state index in [0.717, 1.165) is 11.1 Å². The topological polar surface area (TPSA) is 84.9 Å². The van der Waals surface area contributed by atoms with Gasteiger partial charge in [0.1, 0.15) is 18.0 Å². The zero-order valence-corrected chi connectivity index (χ0v) is 20.2. The SMILES string of the molecule is CO[C@@H]1CN(C(=O)c2cc(C)ccc2C)C[C@H]1Oc1cccc(NS(=O)(=O)c2ccccc2)c1. The number of hydrogen-bond acceptors (Lipinski definition) is 5. The van der Waals surface area contributed by atoms with Crippen molar-refractivity contribution in [2.45, 2.75) is 31.0 Å². The smallest absolute Gasteiger partial charge is 0.261 e. The fourth-order valence-electron chi connectivity index (χ4n) is 4.01. The van der Waals surface area contributed by atoms with E-state index in [1.54, 1.807) is 54.5 Å². The predicted molar refractivity (Wildman–Crippen MR) is 131 cm³/mol. The summed E-state index contributed by atoms with van der Waals surface area (Å²) in [4.78, 5) is 15.1. The number of carbonyl (C=O) groups excluding carboxylic acids is 1. The van der Waals surface area contributed by atoms with Gasteiger partial charge in [-0.3, -0.25) is 9.52 Å². The van der Waals surface area contributed by atoms with Crippen molar-refractivity contribution < 1.29 is 22.7 Å². The van der Waals surface area contributed by atoms with Gasteiger partial charge in [0.05, 0.1) is 23.7 Å². The number of benzene rings is 3. The maximum atomic E-state index is 13.2. The number of aryl methyl sites for hydroxylation is 2. The lowest BCUT2D eigenvalue weighted by molar-refractivity contribution is 0.0340. The molecule has 1 heterocycles. The quantitative estimate of drug-likeness (QED) is 0.552. The first kappa shape index (κ1) is 23.8. The summed E-state index contributed by atoms with van der Waals surface area (Å²) in [5.41, 5.74) is 3.01. The highest BCUT2D eigenvalue weighted by Gasteiger charge is 2.37. The second-order valence-corrected chi connectivity index (χ2v) is 10.1. The molecule has 7 nitrogen and oxygen atoms in total. The third-order valence-corrected chi connectivity index (χ3v) is 7.25. The molecular weight excluding hydrogens is 452 g/mol. The molecule has 0 saturated carbocycles. The Hall–Kier alpha value is -3.36. The molecule has 1 saturated heterocycles. The van der Waals surface area contributed by atoms with Crippen molar-refractivity contribution in [3.05, 3.63) is 89.5 Å². The summed E-state index contributed by atoms with van der Waals surface area (Å²) in [5.74, 6) is 0.431. The zero-order chi connectivity index (χ0) is 24.3. The Morgan fingerprint density at radius 2 is 1.68 bits per heavy atom. The molecule has 1 aliphatic rings. The molecule has 4 rings (SSSR count). The number of anilines is 1. The molecule has 1 amide bonds. The zero-order valence-electron chi connectivity index (χ0n) is 19.4. The maximum absolute atomic E-state index is 13.2. The van der Waals surface area contributed by atoms with Crippen LogP contribution in [0.5, 0.6) is 5.75 Å². The fourth-order valence-corrected chi connectivity index (χ4v) is 5.08. The van der Waals surface area contributed by atoms with Crippen LogP contribution in [0.1, 0.15) is 21.5 Å². The maximum Gasteiger partial charge on any atom is 0.261 e. The minimum atomic E-state index is -3.71. The third-order valence-electron chi connectivity index (χ3n) is 5.86. The van der Waals surface area contributed by atoms with Gasteiger partial charge in [0.25, 0.3) is 15.9 Å². The summed E-state index contributed by atoms with van der Waals surface area (Å²) in [6, 6.07) is 20.8. The molecule has 8 heteroatoms. The van der Waals surface area contributed by atoms with Gasteiger partial charge in [0, 0.05) is 18.7 Å². The summed E-state index contributed by atoms with van der Waals surface area (Å²) in [7, 11) is -2.12. The number of nitrogens with zero attached hydrogens (tertiary/aromatic N) is 1. The predicted octanol–water partition coefficient (Wildman–Crippen LogP) is 4.02. The second kappa shape index (κ2) is 9.87. The molecule has 3 aromatic carbocycles. The average molecular weight is 481 g/mol. The number of amides is 1. The summed E-state index contributed by atoms with van der Waals surface area (Å²) in [6.45, 7) is 4.66. The molecule has 0 bridgehead atoms. The van der Waals surface area contributed by atoms with E-state index in [-0.39, 0.29) is 23.0 Å². The van der Waals surface area contributed by atoms with E-state index in [2.05, 4.69) is 4.72 Å². The lowest BCUT2D eigenvalue weighted by Crippen LogP contribution is -2.32. The standard InChI is InChI=1S/C26H28N2O5S/c1-18-12-13-19(2)23(14-18)26(29)28-16-24(32-3)25(17-28)33-21-9-7-8-20(15-21)27-34(30,31)22-10-5-4-6-11-22/h4-15,24-25,27H,16-17H2,1-3H3/t24-,25-/m1/s1. The van der Waals surface area contributed by atoms with E-state index in [4.69, 9.17) is 9.47 Å². The van der Waals surface area contributed by atoms with Crippen LogP contribution in [0, 0.1) is 13.8 Å². The van der Waals surface area contributed by atoms with Crippen LogP contribution >= 0.6 is 0 Å². The van der Waals surface area contributed by atoms with Crippen LogP contribution in [-0.2, 0) is 14.8 Å². The molecule has 0 spiro atoms. The van der Waals surface area contributed by atoms with Crippen LogP contribution in [0.15, 0.2) is 77.7 Å². The van der Waals surface area contributed by atoms with Crippen molar-refractivity contribution in [2.24, 2.45) is 0 Å². The van der Waals surface area contributed by atoms with Gasteiger partial charge in [-0.15, -0.1) is 0 Å². The summed E-state index contributed by atoms with van der Waals surface area (Å²) < 4.78 is 39.6. The lowest BCUT2D eigenvalue weighted by Gasteiger charge is -2.19. The number of carbonyl (C=O) groups is 1. The van der Waals surface area contributed by atoms with Gasteiger partial charge < -0.3 is 14.4 Å². The number of hydrogen-bond donors (Lipinski definition) is 1. The van der Waals surface area contributed by atoms with Crippen molar-refractivity contribution in [2.75, 3.05) is 24.9 Å². The Labute approximate surface area is 200 Å². The van der Waals surface area contributed by atoms with E-state index in [1.807, 2.05) is 32.0 Å². The molecule has 1 N–H and O–H groups in total. The molecule has 3 aromatic rings. The van der Waals surface area contributed by atoms with E-state index in [0.29, 0.717) is 30.1 Å². The average Bonchev–Trinajstić information content (AvgIpc) is 3.23. The highest BCUT2D eigenvalue weighted by molar-refractivity contribution is 7.92. The summed E-state index contributed by atoms with van der Waals surface area (Å²) in [6.07, 6.45) is -0.696. The van der Waals surface area contributed by atoms with Crippen LogP contribution in [0.25, 0.3) is 0 Å². The van der Waals surface area contributed by atoms with Gasteiger partial charge in [-0.1, -0.05) is 42.0 Å². The first-order valence-electron chi connectivity index (χ1n) is 11.0. The first-order valence-corrected chi connectivity index (χ1v) is 12.5. The fraction of sp³-hybridized carbons (Fsp3) is 0.269. The Morgan fingerprint density at radius 1 is 0.941 bits per heavy atom. The van der Waals surface area contributed by atoms with Gasteiger partial charge in [-0.05, 0) is 49.7 Å². The van der Waals surface area contributed by atoms with Crippen LogP contribution in [-0.4, -0.2) is 51.6 Å². The summed E-state index contributed by atoms with van der Waals surface area (Å²) >= 11 is 0. The van der Waals surface area contributed by atoms with Gasteiger partial charge in [0.2, 0.25) is 0 Å². The van der Waals surface area contributed by atoms with Gasteiger partial charge >= 0.3 is 0 Å². The molecule has 178 valence electrons. The number of rotatable bonds is 7. The van der Waals surface area contributed by atoms with E-state index < -0.39 is 10.0 Å². The van der Waals surface area contributed by atoms with Crippen molar-refractivity contribution in [1.82, 2.24) is 4.90 Å². The van der Waals surface area contributed by atoms with E-state index in [1.165, 1.54) is 12.1 Å². The largest absolute Gasteiger partial charge is 0.486 e. The Morgan fingerprint density at radius 3 is 2.41 bits per heavy atom. The van der Waals surface area contributed by atoms with E-state index >= 15 is 0 Å². The molecule has 34 heavy (non-hydrogen) atoms. The number of ether oxygens (including phenoxy) is 2. The van der Waals surface area contributed by atoms with Gasteiger partial charge in [0.15, 0.2) is 0 Å². The highest BCUT2D eigenvalue weighted by atomic mass is 32.2. The monoisotopic (exact) mass is 480 g/mol. The molecule has 2 atom stereocenters. The minimum Gasteiger partial charge on any atom is -0.486 e. The van der Waals surface area contributed by atoms with Crippen LogP contribution < -0.4 is 9.46 Å². The number of sulfonamides is 1. The lowest BCUT2D eigenvalue weighted by atomic mass is 10.0. The third kappa shape index (κ3) is 5.24. The minimum absolute atomic E-state index is 0.0567. The molecule has 1 aliphatic heterocycles. The first-order chi connectivity index (χ1) is 16.3. The highest BCUT2D eigenvalue weighted by Crippen LogP contribution is 2.26. The van der Waals surface area contributed by atoms with Crippen molar-refractivity contribution in [1.29, 1.82) is 0 Å². The van der Waals surface area contributed by atoms with Crippen LogP contribution in [0.4, 0.5) is 5.69 Å². The molecule has 0 unspecified atom stereocenters. The normalized spacial score (nSPS) is 18.0.